The fourth-order valence-corrected chi connectivity index (χ4v) is 5.56. The van der Waals surface area contributed by atoms with Crippen LogP contribution >= 0.6 is 11.6 Å². The van der Waals surface area contributed by atoms with Gasteiger partial charge in [0.2, 0.25) is 0 Å². The van der Waals surface area contributed by atoms with Crippen LogP contribution in [0.4, 0.5) is 13.2 Å². The van der Waals surface area contributed by atoms with Crippen LogP contribution in [0.15, 0.2) is 36.8 Å². The van der Waals surface area contributed by atoms with E-state index in [9.17, 15) is 23.4 Å². The molecule has 5 rings (SSSR count). The second-order valence-corrected chi connectivity index (χ2v) is 9.69. The van der Waals surface area contributed by atoms with Gasteiger partial charge >= 0.3 is 6.61 Å². The maximum atomic E-state index is 14.3. The lowest BCUT2D eigenvalue weighted by Gasteiger charge is -2.27. The lowest BCUT2D eigenvalue weighted by molar-refractivity contribution is -0.0505. The number of hydrogen-bond acceptors (Lipinski definition) is 5. The van der Waals surface area contributed by atoms with Crippen molar-refractivity contribution in [3.8, 4) is 16.9 Å². The lowest BCUT2D eigenvalue weighted by Crippen LogP contribution is -2.23. The van der Waals surface area contributed by atoms with Crippen LogP contribution in [0.25, 0.3) is 22.2 Å². The Hall–Kier alpha value is -3.08. The van der Waals surface area contributed by atoms with E-state index < -0.39 is 18.3 Å². The number of pyridine rings is 1. The Morgan fingerprint density at radius 3 is 2.68 bits per heavy atom. The minimum absolute atomic E-state index is 0.0854. The molecule has 4 aromatic rings. The molecule has 1 saturated carbocycles. The number of halogens is 4. The third-order valence-corrected chi connectivity index (χ3v) is 7.53. The van der Waals surface area contributed by atoms with Crippen LogP contribution in [0.3, 0.4) is 0 Å². The zero-order chi connectivity index (χ0) is 26.3. The first kappa shape index (κ1) is 25.6. The molecule has 1 aromatic carbocycles. The molecule has 3 N–H and O–H groups in total. The van der Waals surface area contributed by atoms with E-state index in [0.717, 1.165) is 25.0 Å². The van der Waals surface area contributed by atoms with E-state index in [1.807, 2.05) is 10.7 Å². The summed E-state index contributed by atoms with van der Waals surface area (Å²) in [6.45, 7) is -1.59. The number of aromatic nitrogens is 4. The number of nitrogens with zero attached hydrogens (tertiary/aromatic N) is 3. The molecule has 0 amide bonds. The third-order valence-electron chi connectivity index (χ3n) is 7.14. The number of ether oxygens (including phenoxy) is 1. The Bertz CT molecular complexity index is 1420. The number of aliphatic hydroxyl groups is 2. The highest BCUT2D eigenvalue weighted by Gasteiger charge is 2.27. The van der Waals surface area contributed by atoms with Crippen molar-refractivity contribution in [3.05, 3.63) is 64.5 Å². The van der Waals surface area contributed by atoms with Crippen molar-refractivity contribution in [2.24, 2.45) is 0 Å². The first-order valence-corrected chi connectivity index (χ1v) is 12.4. The summed E-state index contributed by atoms with van der Waals surface area (Å²) in [7, 11) is 0. The molecule has 0 saturated heterocycles. The van der Waals surface area contributed by atoms with Crippen LogP contribution in [0, 0.1) is 5.82 Å². The molecule has 0 aliphatic heterocycles. The largest absolute Gasteiger partial charge is 0.434 e. The van der Waals surface area contributed by atoms with Gasteiger partial charge in [0.25, 0.3) is 0 Å². The summed E-state index contributed by atoms with van der Waals surface area (Å²) in [4.78, 5) is 7.58. The molecule has 196 valence electrons. The van der Waals surface area contributed by atoms with Gasteiger partial charge in [-0.25, -0.2) is 9.37 Å². The normalized spacial score (nSPS) is 19.0. The molecule has 3 heterocycles. The van der Waals surface area contributed by atoms with Gasteiger partial charge in [-0.1, -0.05) is 18.5 Å². The van der Waals surface area contributed by atoms with Gasteiger partial charge in [0.15, 0.2) is 0 Å². The average molecular weight is 535 g/mol. The number of aliphatic hydroxyl groups excluding tert-OH is 2. The Labute approximate surface area is 215 Å². The number of benzene rings is 1. The zero-order valence-electron chi connectivity index (χ0n) is 20.0. The third kappa shape index (κ3) is 4.81. The SMILES string of the molecule is CC(c1c(OC(F)F)ccc(F)c1Cl)c1c[nH]c2ncc(-c3cnn(C4CCC(O)CC4)c3CO)cc12. The number of alkyl halides is 2. The molecular weight excluding hydrogens is 509 g/mol. The van der Waals surface area contributed by atoms with Crippen LogP contribution in [0.5, 0.6) is 5.75 Å². The van der Waals surface area contributed by atoms with E-state index in [1.165, 1.54) is 0 Å². The first-order valence-electron chi connectivity index (χ1n) is 12.0. The second-order valence-electron chi connectivity index (χ2n) is 9.31. The Morgan fingerprint density at radius 1 is 1.22 bits per heavy atom. The van der Waals surface area contributed by atoms with Crippen molar-refractivity contribution in [2.75, 3.05) is 0 Å². The molecule has 0 radical (unpaired) electrons. The molecule has 37 heavy (non-hydrogen) atoms. The van der Waals surface area contributed by atoms with Crippen molar-refractivity contribution >= 4 is 22.6 Å². The lowest BCUT2D eigenvalue weighted by atomic mass is 9.91. The highest BCUT2D eigenvalue weighted by Crippen LogP contribution is 2.42. The molecule has 11 heteroatoms. The number of aromatic amines is 1. The summed E-state index contributed by atoms with van der Waals surface area (Å²) in [5.41, 5.74) is 3.39. The van der Waals surface area contributed by atoms with E-state index in [4.69, 9.17) is 11.6 Å². The molecule has 1 unspecified atom stereocenters. The van der Waals surface area contributed by atoms with Gasteiger partial charge in [-0.05, 0) is 49.4 Å². The molecule has 3 aromatic heterocycles. The minimum Gasteiger partial charge on any atom is -0.434 e. The highest BCUT2D eigenvalue weighted by molar-refractivity contribution is 6.31. The second kappa shape index (κ2) is 10.4. The van der Waals surface area contributed by atoms with Crippen molar-refractivity contribution in [1.29, 1.82) is 0 Å². The van der Waals surface area contributed by atoms with Gasteiger partial charge in [0, 0.05) is 40.4 Å². The highest BCUT2D eigenvalue weighted by atomic mass is 35.5. The Kier molecular flexibility index (Phi) is 7.15. The van der Waals surface area contributed by atoms with Crippen LogP contribution < -0.4 is 4.74 Å². The zero-order valence-corrected chi connectivity index (χ0v) is 20.7. The van der Waals surface area contributed by atoms with E-state index in [1.54, 1.807) is 25.5 Å². The molecule has 1 fully saturated rings. The maximum absolute atomic E-state index is 14.3. The summed E-state index contributed by atoms with van der Waals surface area (Å²) in [6, 6.07) is 4.09. The fourth-order valence-electron chi connectivity index (χ4n) is 5.24. The number of rotatable bonds is 7. The van der Waals surface area contributed by atoms with E-state index >= 15 is 0 Å². The van der Waals surface area contributed by atoms with Crippen molar-refractivity contribution in [2.45, 2.75) is 63.9 Å². The van der Waals surface area contributed by atoms with E-state index in [0.29, 0.717) is 46.3 Å². The van der Waals surface area contributed by atoms with Crippen LogP contribution in [0.2, 0.25) is 5.02 Å². The maximum Gasteiger partial charge on any atom is 0.387 e. The molecule has 1 aliphatic carbocycles. The number of fused-ring (bicyclic) bond motifs is 1. The topological polar surface area (TPSA) is 96.2 Å². The molecule has 0 spiro atoms. The molecule has 7 nitrogen and oxygen atoms in total. The monoisotopic (exact) mass is 534 g/mol. The summed E-state index contributed by atoms with van der Waals surface area (Å²) in [5.74, 6) is -1.55. The fraction of sp³-hybridized carbons (Fsp3) is 0.385. The average Bonchev–Trinajstić information content (AvgIpc) is 3.50. The number of hydrogen-bond donors (Lipinski definition) is 3. The number of H-pyrrole nitrogens is 1. The van der Waals surface area contributed by atoms with Gasteiger partial charge < -0.3 is 19.9 Å². The minimum atomic E-state index is -3.09. The molecule has 0 bridgehead atoms. The van der Waals surface area contributed by atoms with Crippen molar-refractivity contribution < 1.29 is 28.1 Å². The molecule has 1 atom stereocenters. The smallest absolute Gasteiger partial charge is 0.387 e. The van der Waals surface area contributed by atoms with Crippen molar-refractivity contribution in [3.63, 3.8) is 0 Å². The van der Waals surface area contributed by atoms with Gasteiger partial charge in [0.1, 0.15) is 17.2 Å². The van der Waals surface area contributed by atoms with E-state index in [2.05, 4.69) is 19.8 Å². The Morgan fingerprint density at radius 2 is 1.97 bits per heavy atom. The molecular formula is C26H26ClF3N4O3. The summed E-state index contributed by atoms with van der Waals surface area (Å²) >= 11 is 6.22. The first-order chi connectivity index (χ1) is 17.8. The standard InChI is InChI=1S/C26H26ClF3N4O3/c1-13(23-22(37-26(29)30)7-6-20(28)24(23)27)18-10-32-25-17(18)8-14(9-31-25)19-11-33-34(21(19)12-35)15-2-4-16(36)5-3-15/h6-11,13,15-16,26,35-36H,2-5,12H2,1H3,(H,31,32). The summed E-state index contributed by atoms with van der Waals surface area (Å²) < 4.78 is 46.9. The predicted octanol–water partition coefficient (Wildman–Crippen LogP) is 5.94. The predicted molar refractivity (Wildman–Crippen MR) is 132 cm³/mol. The summed E-state index contributed by atoms with van der Waals surface area (Å²) in [5, 5.41) is 25.0. The van der Waals surface area contributed by atoms with E-state index in [-0.39, 0.29) is 35.1 Å². The van der Waals surface area contributed by atoms with Gasteiger partial charge in [-0.2, -0.15) is 13.9 Å². The van der Waals surface area contributed by atoms with Gasteiger partial charge in [0.05, 0.1) is 35.7 Å². The summed E-state index contributed by atoms with van der Waals surface area (Å²) in [6.07, 6.45) is 7.64. The van der Waals surface area contributed by atoms with Crippen molar-refractivity contribution in [1.82, 2.24) is 19.7 Å². The quantitative estimate of drug-likeness (QED) is 0.273. The Balaban J connectivity index is 1.55. The van der Waals surface area contributed by atoms with Crippen LogP contribution in [0.1, 0.15) is 61.4 Å². The number of nitrogens with one attached hydrogen (secondary N) is 1. The van der Waals surface area contributed by atoms with Crippen LogP contribution in [-0.2, 0) is 6.61 Å². The van der Waals surface area contributed by atoms with Crippen LogP contribution in [-0.4, -0.2) is 42.7 Å². The van der Waals surface area contributed by atoms with Gasteiger partial charge in [-0.3, -0.25) is 4.68 Å². The van der Waals surface area contributed by atoms with Gasteiger partial charge in [-0.15, -0.1) is 0 Å². The molecule has 1 aliphatic rings.